The van der Waals surface area contributed by atoms with Gasteiger partial charge >= 0.3 is 0 Å². The summed E-state index contributed by atoms with van der Waals surface area (Å²) < 4.78 is 0. The van der Waals surface area contributed by atoms with Crippen molar-refractivity contribution in [2.75, 3.05) is 13.1 Å². The van der Waals surface area contributed by atoms with E-state index in [0.29, 0.717) is 6.54 Å². The third-order valence-electron chi connectivity index (χ3n) is 4.36. The van der Waals surface area contributed by atoms with Gasteiger partial charge in [0.1, 0.15) is 5.01 Å². The summed E-state index contributed by atoms with van der Waals surface area (Å²) in [6.45, 7) is 8.68. The molecule has 26 heavy (non-hydrogen) atoms. The quantitative estimate of drug-likeness (QED) is 0.438. The first kappa shape index (κ1) is 18.5. The van der Waals surface area contributed by atoms with Crippen LogP contribution in [0.1, 0.15) is 35.0 Å². The number of aromatic nitrogens is 2. The van der Waals surface area contributed by atoms with Crippen LogP contribution in [0.3, 0.4) is 0 Å². The first-order valence-electron chi connectivity index (χ1n) is 9.23. The summed E-state index contributed by atoms with van der Waals surface area (Å²) >= 11 is 1.74. The van der Waals surface area contributed by atoms with Crippen molar-refractivity contribution < 1.29 is 0 Å². The maximum absolute atomic E-state index is 4.67. The summed E-state index contributed by atoms with van der Waals surface area (Å²) in [5.41, 5.74) is 3.82. The summed E-state index contributed by atoms with van der Waals surface area (Å²) in [5, 5.41) is 9.13. The summed E-state index contributed by atoms with van der Waals surface area (Å²) in [7, 11) is 0. The first-order valence-corrected chi connectivity index (χ1v) is 10.0. The van der Waals surface area contributed by atoms with Gasteiger partial charge < -0.3 is 15.6 Å². The van der Waals surface area contributed by atoms with Crippen molar-refractivity contribution in [2.24, 2.45) is 4.99 Å². The molecule has 0 saturated heterocycles. The van der Waals surface area contributed by atoms with E-state index in [1.807, 2.05) is 6.20 Å². The number of guanidine groups is 1. The Hall–Kier alpha value is -2.34. The van der Waals surface area contributed by atoms with E-state index in [1.165, 1.54) is 27.0 Å². The number of nitrogens with zero attached hydrogens (tertiary/aromatic N) is 2. The van der Waals surface area contributed by atoms with Crippen LogP contribution < -0.4 is 10.6 Å². The van der Waals surface area contributed by atoms with Crippen molar-refractivity contribution in [3.8, 4) is 0 Å². The average Bonchev–Trinajstić information content (AvgIpc) is 3.24. The van der Waals surface area contributed by atoms with Gasteiger partial charge in [0.25, 0.3) is 0 Å². The van der Waals surface area contributed by atoms with Crippen molar-refractivity contribution in [1.29, 1.82) is 0 Å². The molecule has 3 N–H and O–H groups in total. The average molecular weight is 370 g/mol. The molecule has 0 aliphatic carbocycles. The zero-order valence-electron chi connectivity index (χ0n) is 15.7. The van der Waals surface area contributed by atoms with Crippen molar-refractivity contribution in [3.63, 3.8) is 0 Å². The Kier molecular flexibility index (Phi) is 6.28. The molecule has 0 unspecified atom stereocenters. The molecule has 3 aromatic rings. The number of hydrogen-bond donors (Lipinski definition) is 3. The highest BCUT2D eigenvalue weighted by molar-refractivity contribution is 7.11. The molecular formula is C20H27N5S. The van der Waals surface area contributed by atoms with Gasteiger partial charge in [0.2, 0.25) is 0 Å². The van der Waals surface area contributed by atoms with E-state index in [-0.39, 0.29) is 0 Å². The molecule has 2 heterocycles. The van der Waals surface area contributed by atoms with Crippen molar-refractivity contribution in [1.82, 2.24) is 20.6 Å². The number of H-pyrrole nitrogens is 1. The zero-order valence-corrected chi connectivity index (χ0v) is 16.5. The lowest BCUT2D eigenvalue weighted by atomic mass is 10.1. The van der Waals surface area contributed by atoms with Crippen LogP contribution in [0.15, 0.2) is 35.5 Å². The van der Waals surface area contributed by atoms with Crippen molar-refractivity contribution in [2.45, 2.75) is 40.2 Å². The van der Waals surface area contributed by atoms with Gasteiger partial charge in [-0.1, -0.05) is 25.1 Å². The third-order valence-corrected chi connectivity index (χ3v) is 5.49. The fourth-order valence-corrected chi connectivity index (χ4v) is 3.82. The molecular weight excluding hydrogens is 342 g/mol. The number of aryl methyl sites for hydroxylation is 2. The summed E-state index contributed by atoms with van der Waals surface area (Å²) in [5.74, 6) is 0.846. The third kappa shape index (κ3) is 4.43. The molecule has 5 nitrogen and oxygen atoms in total. The second-order valence-electron chi connectivity index (χ2n) is 6.22. The van der Waals surface area contributed by atoms with Gasteiger partial charge in [0.15, 0.2) is 5.96 Å². The van der Waals surface area contributed by atoms with Crippen LogP contribution in [-0.4, -0.2) is 29.0 Å². The molecule has 3 rings (SSSR count). The number of para-hydroxylation sites is 1. The van der Waals surface area contributed by atoms with Gasteiger partial charge in [-0.2, -0.15) is 0 Å². The number of aromatic amines is 1. The maximum atomic E-state index is 4.67. The van der Waals surface area contributed by atoms with E-state index in [0.717, 1.165) is 36.9 Å². The van der Waals surface area contributed by atoms with Crippen LogP contribution in [0.25, 0.3) is 10.9 Å². The highest BCUT2D eigenvalue weighted by Gasteiger charge is 2.08. The second kappa shape index (κ2) is 8.85. The molecule has 0 fully saturated rings. The summed E-state index contributed by atoms with van der Waals surface area (Å²) in [6, 6.07) is 8.47. The Balaban J connectivity index is 1.61. The van der Waals surface area contributed by atoms with Crippen LogP contribution in [0, 0.1) is 6.92 Å². The lowest BCUT2D eigenvalue weighted by Gasteiger charge is -2.11. The topological polar surface area (TPSA) is 65.1 Å². The zero-order chi connectivity index (χ0) is 18.4. The summed E-state index contributed by atoms with van der Waals surface area (Å²) in [6.07, 6.45) is 3.94. The highest BCUT2D eigenvalue weighted by Crippen LogP contribution is 2.21. The van der Waals surface area contributed by atoms with Crippen LogP contribution in [0.5, 0.6) is 0 Å². The minimum absolute atomic E-state index is 0.617. The number of hydrogen-bond acceptors (Lipinski definition) is 3. The van der Waals surface area contributed by atoms with Crippen LogP contribution >= 0.6 is 11.3 Å². The highest BCUT2D eigenvalue weighted by atomic mass is 32.1. The fourth-order valence-electron chi connectivity index (χ4n) is 3.04. The molecule has 0 spiro atoms. The van der Waals surface area contributed by atoms with Crippen LogP contribution in [0.4, 0.5) is 0 Å². The van der Waals surface area contributed by atoms with Gasteiger partial charge in [-0.15, -0.1) is 11.3 Å². The van der Waals surface area contributed by atoms with Gasteiger partial charge in [-0.3, -0.25) is 0 Å². The lowest BCUT2D eigenvalue weighted by molar-refractivity contribution is 0.798. The molecule has 6 heteroatoms. The molecule has 0 bridgehead atoms. The van der Waals surface area contributed by atoms with Gasteiger partial charge in [0, 0.05) is 40.8 Å². The predicted octanol–water partition coefficient (Wildman–Crippen LogP) is 3.79. The van der Waals surface area contributed by atoms with E-state index in [2.05, 4.69) is 70.6 Å². The summed E-state index contributed by atoms with van der Waals surface area (Å²) in [4.78, 5) is 13.9. The Morgan fingerprint density at radius 2 is 2.08 bits per heavy atom. The SMILES string of the molecule is CCNC(=NCc1ncc(CC)s1)NCCc1c(C)[nH]c2ccccc12. The molecule has 138 valence electrons. The minimum atomic E-state index is 0.617. The van der Waals surface area contributed by atoms with E-state index in [4.69, 9.17) is 0 Å². The first-order chi connectivity index (χ1) is 12.7. The molecule has 2 aromatic heterocycles. The maximum Gasteiger partial charge on any atom is 0.191 e. The molecule has 0 aliphatic heterocycles. The normalized spacial score (nSPS) is 11.9. The van der Waals surface area contributed by atoms with Gasteiger partial charge in [-0.05, 0) is 38.3 Å². The fraction of sp³-hybridized carbons (Fsp3) is 0.400. The van der Waals surface area contributed by atoms with Crippen molar-refractivity contribution in [3.05, 3.63) is 51.6 Å². The smallest absolute Gasteiger partial charge is 0.191 e. The van der Waals surface area contributed by atoms with Crippen LogP contribution in [-0.2, 0) is 19.4 Å². The molecule has 0 radical (unpaired) electrons. The molecule has 0 amide bonds. The Bertz CT molecular complexity index is 877. The van der Waals surface area contributed by atoms with Crippen molar-refractivity contribution >= 4 is 28.2 Å². The number of thiazole rings is 1. The molecule has 0 saturated carbocycles. The lowest BCUT2D eigenvalue weighted by Crippen LogP contribution is -2.38. The standard InChI is InChI=1S/C20H27N5S/c1-4-15-12-23-19(26-15)13-24-20(21-5-2)22-11-10-16-14(3)25-18-9-7-6-8-17(16)18/h6-9,12,25H,4-5,10-11,13H2,1-3H3,(H2,21,22,24). The Labute approximate surface area is 159 Å². The van der Waals surface area contributed by atoms with E-state index >= 15 is 0 Å². The Morgan fingerprint density at radius 1 is 1.23 bits per heavy atom. The number of aliphatic imine (C=N–C) groups is 1. The monoisotopic (exact) mass is 369 g/mol. The van der Waals surface area contributed by atoms with Gasteiger partial charge in [-0.25, -0.2) is 9.98 Å². The van der Waals surface area contributed by atoms with E-state index in [9.17, 15) is 0 Å². The molecule has 0 aliphatic rings. The largest absolute Gasteiger partial charge is 0.358 e. The van der Waals surface area contributed by atoms with Gasteiger partial charge in [0.05, 0.1) is 6.54 Å². The minimum Gasteiger partial charge on any atom is -0.358 e. The predicted molar refractivity (Wildman–Crippen MR) is 111 cm³/mol. The number of rotatable bonds is 7. The van der Waals surface area contributed by atoms with E-state index in [1.54, 1.807) is 11.3 Å². The van der Waals surface area contributed by atoms with E-state index < -0.39 is 0 Å². The second-order valence-corrected chi connectivity index (χ2v) is 7.42. The van der Waals surface area contributed by atoms with Crippen LogP contribution in [0.2, 0.25) is 0 Å². The number of fused-ring (bicyclic) bond motifs is 1. The number of nitrogens with one attached hydrogen (secondary N) is 3. The number of benzene rings is 1. The molecule has 1 aromatic carbocycles. The Morgan fingerprint density at radius 3 is 2.85 bits per heavy atom. The molecule has 0 atom stereocenters.